The van der Waals surface area contributed by atoms with Gasteiger partial charge in [-0.05, 0) is 17.7 Å². The molecule has 60 valence electrons. The van der Waals surface area contributed by atoms with E-state index in [0.29, 0.717) is 6.61 Å². The molecule has 1 aliphatic heterocycles. The molecule has 1 atom stereocenters. The van der Waals surface area contributed by atoms with E-state index in [1.54, 1.807) is 0 Å². The van der Waals surface area contributed by atoms with Crippen LogP contribution in [-0.4, -0.2) is 6.61 Å². The summed E-state index contributed by atoms with van der Waals surface area (Å²) in [6.07, 6.45) is 5.35. The molecule has 1 aliphatic rings. The van der Waals surface area contributed by atoms with Crippen molar-refractivity contribution in [1.29, 1.82) is 0 Å². The minimum Gasteiger partial charge on any atom is -0.351 e. The van der Waals surface area contributed by atoms with Crippen LogP contribution in [0.5, 0.6) is 0 Å². The second-order valence-electron chi connectivity index (χ2n) is 2.77. The normalized spacial score (nSPS) is 26.3. The van der Waals surface area contributed by atoms with Gasteiger partial charge < -0.3 is 4.74 Å². The van der Waals surface area contributed by atoms with Crippen molar-refractivity contribution in [3.63, 3.8) is 0 Å². The van der Waals surface area contributed by atoms with Crippen molar-refractivity contribution in [2.24, 2.45) is 0 Å². The van der Waals surface area contributed by atoms with Gasteiger partial charge in [-0.3, -0.25) is 0 Å². The number of benzene rings is 1. The molecule has 1 aromatic rings. The number of ether oxygens (including phenoxy) is 1. The maximum atomic E-state index is 5.35. The van der Waals surface area contributed by atoms with E-state index in [9.17, 15) is 0 Å². The van der Waals surface area contributed by atoms with Gasteiger partial charge in [-0.25, -0.2) is 0 Å². The number of halogens is 1. The quantitative estimate of drug-likeness (QED) is 0.525. The number of hydrogen-bond donors (Lipinski definition) is 0. The van der Waals surface area contributed by atoms with Crippen LogP contribution < -0.4 is 0 Å². The van der Waals surface area contributed by atoms with Crippen LogP contribution in [0.15, 0.2) is 28.7 Å². The van der Waals surface area contributed by atoms with E-state index in [1.807, 2.05) is 24.3 Å². The minimum absolute atomic E-state index is 0.416. The molecular weight excluding hydrogens is 216 g/mol. The van der Waals surface area contributed by atoms with Crippen LogP contribution in [0.3, 0.4) is 0 Å². The van der Waals surface area contributed by atoms with Gasteiger partial charge in [0.05, 0.1) is 6.61 Å². The molecular formula is C10H7BrO. The van der Waals surface area contributed by atoms with Gasteiger partial charge in [0.15, 0.2) is 5.60 Å². The molecule has 2 heteroatoms. The zero-order valence-corrected chi connectivity index (χ0v) is 7.97. The first-order valence-electron chi connectivity index (χ1n) is 3.65. The number of rotatable bonds is 1. The van der Waals surface area contributed by atoms with Crippen LogP contribution in [0, 0.1) is 12.3 Å². The molecule has 0 amide bonds. The monoisotopic (exact) mass is 222 g/mol. The second kappa shape index (κ2) is 2.62. The number of hydrogen-bond acceptors (Lipinski definition) is 1. The van der Waals surface area contributed by atoms with Gasteiger partial charge in [-0.2, -0.15) is 0 Å². The Hall–Kier alpha value is -0.780. The molecule has 0 N–H and O–H groups in total. The van der Waals surface area contributed by atoms with Gasteiger partial charge in [0.2, 0.25) is 0 Å². The van der Waals surface area contributed by atoms with Crippen molar-refractivity contribution in [2.75, 3.05) is 6.61 Å². The van der Waals surface area contributed by atoms with Crippen molar-refractivity contribution in [2.45, 2.75) is 5.60 Å². The largest absolute Gasteiger partial charge is 0.351 e. The highest BCUT2D eigenvalue weighted by atomic mass is 79.9. The van der Waals surface area contributed by atoms with Crippen LogP contribution in [0.25, 0.3) is 0 Å². The van der Waals surface area contributed by atoms with Crippen molar-refractivity contribution in [3.8, 4) is 12.3 Å². The smallest absolute Gasteiger partial charge is 0.177 e. The third kappa shape index (κ3) is 1.16. The highest BCUT2D eigenvalue weighted by Gasteiger charge is 2.44. The minimum atomic E-state index is -0.416. The predicted octanol–water partition coefficient (Wildman–Crippen LogP) is 2.31. The van der Waals surface area contributed by atoms with Crippen molar-refractivity contribution in [3.05, 3.63) is 34.3 Å². The molecule has 0 aromatic heterocycles. The molecule has 1 saturated heterocycles. The van der Waals surface area contributed by atoms with Crippen LogP contribution in [0.1, 0.15) is 5.56 Å². The molecule has 0 radical (unpaired) electrons. The summed E-state index contributed by atoms with van der Waals surface area (Å²) in [5, 5.41) is 0. The van der Waals surface area contributed by atoms with E-state index in [1.165, 1.54) is 0 Å². The Kier molecular flexibility index (Phi) is 1.71. The molecule has 1 unspecified atom stereocenters. The first-order valence-corrected chi connectivity index (χ1v) is 4.44. The van der Waals surface area contributed by atoms with Crippen molar-refractivity contribution in [1.82, 2.24) is 0 Å². The summed E-state index contributed by atoms with van der Waals surface area (Å²) in [7, 11) is 0. The van der Waals surface area contributed by atoms with E-state index in [0.717, 1.165) is 10.0 Å². The Balaban J connectivity index is 2.37. The Labute approximate surface area is 79.9 Å². The second-order valence-corrected chi connectivity index (χ2v) is 3.68. The lowest BCUT2D eigenvalue weighted by atomic mass is 10.0. The van der Waals surface area contributed by atoms with E-state index >= 15 is 0 Å². The maximum Gasteiger partial charge on any atom is 0.177 e. The molecule has 2 rings (SSSR count). The third-order valence-corrected chi connectivity index (χ3v) is 2.51. The fourth-order valence-electron chi connectivity index (χ4n) is 1.12. The standard InChI is InChI=1S/C10H7BrO/c1-2-10(7-12-10)8-3-5-9(11)6-4-8/h1,3-6H,7H2. The molecule has 1 nitrogen and oxygen atoms in total. The van der Waals surface area contributed by atoms with Crippen molar-refractivity contribution >= 4 is 15.9 Å². The highest BCUT2D eigenvalue weighted by Crippen LogP contribution is 2.37. The predicted molar refractivity (Wildman–Crippen MR) is 50.6 cm³/mol. The van der Waals surface area contributed by atoms with E-state index in [4.69, 9.17) is 11.2 Å². The van der Waals surface area contributed by atoms with Crippen LogP contribution >= 0.6 is 15.9 Å². The molecule has 0 saturated carbocycles. The molecule has 0 spiro atoms. The van der Waals surface area contributed by atoms with Gasteiger partial charge in [-0.1, -0.05) is 34.0 Å². The van der Waals surface area contributed by atoms with Gasteiger partial charge in [-0.15, -0.1) is 6.42 Å². The van der Waals surface area contributed by atoms with Gasteiger partial charge in [0.25, 0.3) is 0 Å². The lowest BCUT2D eigenvalue weighted by molar-refractivity contribution is 0.366. The summed E-state index contributed by atoms with van der Waals surface area (Å²) >= 11 is 3.36. The van der Waals surface area contributed by atoms with Crippen LogP contribution in [0.2, 0.25) is 0 Å². The lowest BCUT2D eigenvalue weighted by Gasteiger charge is -2.03. The summed E-state index contributed by atoms with van der Waals surface area (Å²) in [6.45, 7) is 0.644. The summed E-state index contributed by atoms with van der Waals surface area (Å²) in [5.74, 6) is 2.65. The third-order valence-electron chi connectivity index (χ3n) is 1.98. The number of epoxide rings is 1. The van der Waals surface area contributed by atoms with Gasteiger partial charge in [0.1, 0.15) is 0 Å². The Bertz CT molecular complexity index is 330. The summed E-state index contributed by atoms with van der Waals surface area (Å²) < 4.78 is 6.27. The zero-order valence-electron chi connectivity index (χ0n) is 6.38. The fourth-order valence-corrected chi connectivity index (χ4v) is 1.39. The van der Waals surface area contributed by atoms with Gasteiger partial charge in [0, 0.05) is 4.47 Å². The SMILES string of the molecule is C#CC1(c2ccc(Br)cc2)CO1. The Morgan fingerprint density at radius 2 is 2.00 bits per heavy atom. The van der Waals surface area contributed by atoms with Crippen LogP contribution in [-0.2, 0) is 10.3 Å². The molecule has 1 fully saturated rings. The summed E-state index contributed by atoms with van der Waals surface area (Å²) in [5.41, 5.74) is 0.647. The van der Waals surface area contributed by atoms with Crippen LogP contribution in [0.4, 0.5) is 0 Å². The van der Waals surface area contributed by atoms with E-state index in [-0.39, 0.29) is 0 Å². The number of terminal acetylenes is 1. The lowest BCUT2D eigenvalue weighted by Crippen LogP contribution is -2.03. The summed E-state index contributed by atoms with van der Waals surface area (Å²) in [6, 6.07) is 7.90. The zero-order chi connectivity index (χ0) is 8.60. The first kappa shape index (κ1) is 7.85. The van der Waals surface area contributed by atoms with E-state index < -0.39 is 5.60 Å². The summed E-state index contributed by atoms with van der Waals surface area (Å²) in [4.78, 5) is 0. The van der Waals surface area contributed by atoms with Crippen molar-refractivity contribution < 1.29 is 4.74 Å². The first-order chi connectivity index (χ1) is 5.77. The maximum absolute atomic E-state index is 5.35. The van der Waals surface area contributed by atoms with Gasteiger partial charge >= 0.3 is 0 Å². The molecule has 0 aliphatic carbocycles. The average molecular weight is 223 g/mol. The molecule has 12 heavy (non-hydrogen) atoms. The van der Waals surface area contributed by atoms with E-state index in [2.05, 4.69) is 21.9 Å². The topological polar surface area (TPSA) is 12.5 Å². The fraction of sp³-hybridized carbons (Fsp3) is 0.200. The molecule has 0 bridgehead atoms. The Morgan fingerprint density at radius 1 is 1.42 bits per heavy atom. The molecule has 1 heterocycles. The Morgan fingerprint density at radius 3 is 2.42 bits per heavy atom. The molecule has 1 aromatic carbocycles. The average Bonchev–Trinajstić information content (AvgIpc) is 2.86. The highest BCUT2D eigenvalue weighted by molar-refractivity contribution is 9.10.